The van der Waals surface area contributed by atoms with Crippen molar-refractivity contribution in [2.24, 2.45) is 11.7 Å². The highest BCUT2D eigenvalue weighted by molar-refractivity contribution is 9.10. The average Bonchev–Trinajstić information content (AvgIpc) is 2.43. The molecule has 0 spiro atoms. The molecule has 22 heavy (non-hydrogen) atoms. The Bertz CT molecular complexity index is 502. The molecule has 1 unspecified atom stereocenters. The molecular weight excluding hydrogens is 373 g/mol. The number of nitrogens with two attached hydrogens (primary N) is 1. The van der Waals surface area contributed by atoms with Gasteiger partial charge in [-0.1, -0.05) is 15.9 Å². The first-order valence-corrected chi connectivity index (χ1v) is 8.05. The fourth-order valence-corrected chi connectivity index (χ4v) is 3.08. The van der Waals surface area contributed by atoms with E-state index in [0.717, 1.165) is 25.9 Å². The summed E-state index contributed by atoms with van der Waals surface area (Å²) in [6.07, 6.45) is 3.26. The largest absolute Gasteiger partial charge is 0.330 e. The van der Waals surface area contributed by atoms with Gasteiger partial charge in [0.1, 0.15) is 5.82 Å². The maximum Gasteiger partial charge on any atom is 0.238 e. The smallest absolute Gasteiger partial charge is 0.238 e. The molecular formula is C15H22BrClFN3O. The van der Waals surface area contributed by atoms with Gasteiger partial charge in [0.2, 0.25) is 5.91 Å². The van der Waals surface area contributed by atoms with Gasteiger partial charge < -0.3 is 11.1 Å². The Morgan fingerprint density at radius 1 is 1.50 bits per heavy atom. The number of hydrogen-bond acceptors (Lipinski definition) is 3. The first-order valence-electron chi connectivity index (χ1n) is 7.26. The summed E-state index contributed by atoms with van der Waals surface area (Å²) in [4.78, 5) is 14.1. The number of amides is 1. The van der Waals surface area contributed by atoms with Crippen LogP contribution in [-0.2, 0) is 4.79 Å². The van der Waals surface area contributed by atoms with Crippen LogP contribution in [0.3, 0.4) is 0 Å². The van der Waals surface area contributed by atoms with Crippen LogP contribution in [0.25, 0.3) is 0 Å². The number of piperidine rings is 1. The molecule has 2 rings (SSSR count). The number of carbonyl (C=O) groups excluding carboxylic acids is 1. The molecule has 1 heterocycles. The van der Waals surface area contributed by atoms with Crippen molar-refractivity contribution in [3.63, 3.8) is 0 Å². The van der Waals surface area contributed by atoms with Crippen LogP contribution in [0, 0.1) is 11.7 Å². The summed E-state index contributed by atoms with van der Waals surface area (Å²) >= 11 is 3.19. The molecule has 1 fully saturated rings. The van der Waals surface area contributed by atoms with Gasteiger partial charge in [0, 0.05) is 11.0 Å². The Morgan fingerprint density at radius 3 is 2.95 bits per heavy atom. The van der Waals surface area contributed by atoms with Crippen LogP contribution < -0.4 is 11.1 Å². The van der Waals surface area contributed by atoms with Crippen molar-refractivity contribution in [3.05, 3.63) is 28.5 Å². The number of benzene rings is 1. The van der Waals surface area contributed by atoms with Crippen molar-refractivity contribution in [2.75, 3.05) is 31.5 Å². The first-order chi connectivity index (χ1) is 10.1. The Balaban J connectivity index is 0.00000242. The Kier molecular flexibility index (Phi) is 8.31. The van der Waals surface area contributed by atoms with E-state index in [-0.39, 0.29) is 24.0 Å². The molecule has 1 atom stereocenters. The molecule has 1 aromatic carbocycles. The molecule has 1 amide bonds. The van der Waals surface area contributed by atoms with Crippen LogP contribution in [0.2, 0.25) is 0 Å². The maximum absolute atomic E-state index is 13.7. The van der Waals surface area contributed by atoms with E-state index < -0.39 is 5.82 Å². The predicted octanol–water partition coefficient (Wildman–Crippen LogP) is 3.01. The maximum atomic E-state index is 13.7. The first kappa shape index (κ1) is 19.4. The highest BCUT2D eigenvalue weighted by atomic mass is 79.9. The summed E-state index contributed by atoms with van der Waals surface area (Å²) < 4.78 is 14.3. The molecule has 1 saturated heterocycles. The second-order valence-electron chi connectivity index (χ2n) is 5.49. The lowest BCUT2D eigenvalue weighted by atomic mass is 9.95. The molecule has 0 aromatic heterocycles. The van der Waals surface area contributed by atoms with Gasteiger partial charge in [-0.05, 0) is 56.5 Å². The summed E-state index contributed by atoms with van der Waals surface area (Å²) in [7, 11) is 0. The van der Waals surface area contributed by atoms with Gasteiger partial charge in [-0.3, -0.25) is 9.69 Å². The number of nitrogens with one attached hydrogen (secondary N) is 1. The third-order valence-electron chi connectivity index (χ3n) is 3.75. The Morgan fingerprint density at radius 2 is 2.27 bits per heavy atom. The lowest BCUT2D eigenvalue weighted by Gasteiger charge is -2.32. The minimum absolute atomic E-state index is 0. The van der Waals surface area contributed by atoms with E-state index in [2.05, 4.69) is 26.1 Å². The quantitative estimate of drug-likeness (QED) is 0.807. The van der Waals surface area contributed by atoms with E-state index in [1.807, 2.05) is 0 Å². The van der Waals surface area contributed by atoms with Gasteiger partial charge in [-0.25, -0.2) is 4.39 Å². The molecule has 4 nitrogen and oxygen atoms in total. The highest BCUT2D eigenvalue weighted by Crippen LogP contribution is 2.21. The van der Waals surface area contributed by atoms with Gasteiger partial charge in [-0.2, -0.15) is 0 Å². The molecule has 7 heteroatoms. The number of nitrogens with zero attached hydrogens (tertiary/aromatic N) is 1. The minimum atomic E-state index is -0.433. The number of anilines is 1. The van der Waals surface area contributed by atoms with E-state index >= 15 is 0 Å². The normalized spacial score (nSPS) is 18.6. The van der Waals surface area contributed by atoms with Crippen molar-refractivity contribution < 1.29 is 9.18 Å². The van der Waals surface area contributed by atoms with Crippen LogP contribution in [0.4, 0.5) is 10.1 Å². The number of likely N-dealkylation sites (tertiary alicyclic amines) is 1. The zero-order valence-electron chi connectivity index (χ0n) is 12.4. The number of hydrogen-bond donors (Lipinski definition) is 2. The molecule has 3 N–H and O–H groups in total. The predicted molar refractivity (Wildman–Crippen MR) is 92.8 cm³/mol. The molecule has 1 aromatic rings. The van der Waals surface area contributed by atoms with E-state index in [0.29, 0.717) is 23.5 Å². The van der Waals surface area contributed by atoms with Crippen molar-refractivity contribution in [2.45, 2.75) is 19.3 Å². The number of rotatable bonds is 5. The zero-order chi connectivity index (χ0) is 15.2. The lowest BCUT2D eigenvalue weighted by molar-refractivity contribution is -0.117. The molecule has 0 radical (unpaired) electrons. The van der Waals surface area contributed by atoms with E-state index in [1.54, 1.807) is 12.1 Å². The lowest BCUT2D eigenvalue weighted by Crippen LogP contribution is -2.41. The summed E-state index contributed by atoms with van der Waals surface area (Å²) in [5.74, 6) is -0.0389. The van der Waals surface area contributed by atoms with Crippen LogP contribution in [0.15, 0.2) is 22.7 Å². The van der Waals surface area contributed by atoms with Crippen molar-refractivity contribution in [1.29, 1.82) is 0 Å². The monoisotopic (exact) mass is 393 g/mol. The fourth-order valence-electron chi connectivity index (χ4n) is 2.75. The van der Waals surface area contributed by atoms with Gasteiger partial charge in [0.15, 0.2) is 0 Å². The Hall–Kier alpha value is -0.690. The summed E-state index contributed by atoms with van der Waals surface area (Å²) in [5, 5.41) is 2.63. The van der Waals surface area contributed by atoms with E-state index in [1.165, 1.54) is 12.5 Å². The third kappa shape index (κ3) is 5.83. The van der Waals surface area contributed by atoms with Gasteiger partial charge in [0.25, 0.3) is 0 Å². The molecule has 0 bridgehead atoms. The molecule has 0 aliphatic carbocycles. The summed E-state index contributed by atoms with van der Waals surface area (Å²) in [5.41, 5.74) is 5.81. The second-order valence-corrected chi connectivity index (χ2v) is 6.41. The van der Waals surface area contributed by atoms with Crippen LogP contribution in [0.1, 0.15) is 19.3 Å². The molecule has 0 saturated carbocycles. The molecule has 1 aliphatic rings. The summed E-state index contributed by atoms with van der Waals surface area (Å²) in [6, 6.07) is 4.61. The van der Waals surface area contributed by atoms with Crippen molar-refractivity contribution >= 4 is 39.9 Å². The number of carbonyl (C=O) groups is 1. The third-order valence-corrected chi connectivity index (χ3v) is 4.24. The highest BCUT2D eigenvalue weighted by Gasteiger charge is 2.21. The molecule has 1 aliphatic heterocycles. The van der Waals surface area contributed by atoms with Gasteiger partial charge in [0.05, 0.1) is 12.2 Å². The standard InChI is InChI=1S/C15H21BrFN3O.ClH/c16-12-3-4-14(13(17)8-12)19-15(21)10-20-7-1-2-11(9-20)5-6-18;/h3-4,8,11H,1-2,5-7,9-10,18H2,(H,19,21);1H. The number of halogens is 3. The second kappa shape index (κ2) is 9.45. The van der Waals surface area contributed by atoms with Gasteiger partial charge in [-0.15, -0.1) is 12.4 Å². The van der Waals surface area contributed by atoms with E-state index in [9.17, 15) is 9.18 Å². The van der Waals surface area contributed by atoms with E-state index in [4.69, 9.17) is 5.73 Å². The van der Waals surface area contributed by atoms with Crippen LogP contribution in [0.5, 0.6) is 0 Å². The van der Waals surface area contributed by atoms with Gasteiger partial charge >= 0.3 is 0 Å². The van der Waals surface area contributed by atoms with Crippen LogP contribution in [-0.4, -0.2) is 37.0 Å². The minimum Gasteiger partial charge on any atom is -0.330 e. The van der Waals surface area contributed by atoms with Crippen molar-refractivity contribution in [1.82, 2.24) is 4.90 Å². The zero-order valence-corrected chi connectivity index (χ0v) is 14.8. The van der Waals surface area contributed by atoms with Crippen LogP contribution >= 0.6 is 28.3 Å². The topological polar surface area (TPSA) is 58.4 Å². The van der Waals surface area contributed by atoms with Crippen molar-refractivity contribution in [3.8, 4) is 0 Å². The summed E-state index contributed by atoms with van der Waals surface area (Å²) in [6.45, 7) is 2.80. The molecule has 124 valence electrons. The fraction of sp³-hybridized carbons (Fsp3) is 0.533. The average molecular weight is 395 g/mol. The SMILES string of the molecule is Cl.NCCC1CCCN(CC(=O)Nc2ccc(Br)cc2F)C1. The Labute approximate surface area is 145 Å².